The number of dihydropyridines is 1. The third-order valence-corrected chi connectivity index (χ3v) is 7.26. The maximum absolute atomic E-state index is 13.7. The van der Waals surface area contributed by atoms with Crippen LogP contribution in [0.2, 0.25) is 0 Å². The van der Waals surface area contributed by atoms with Crippen LogP contribution in [-0.4, -0.2) is 25.0 Å². The van der Waals surface area contributed by atoms with Gasteiger partial charge in [-0.15, -0.1) is 0 Å². The average molecular weight is 538 g/mol. The van der Waals surface area contributed by atoms with Crippen molar-refractivity contribution >= 4 is 11.8 Å². The molecule has 3 aromatic carbocycles. The second kappa shape index (κ2) is 11.8. The van der Waals surface area contributed by atoms with Crippen LogP contribution in [0.3, 0.4) is 0 Å². The zero-order valence-corrected chi connectivity index (χ0v) is 23.2. The Morgan fingerprint density at radius 3 is 2.30 bits per heavy atom. The highest BCUT2D eigenvalue weighted by molar-refractivity contribution is 6.04. The van der Waals surface area contributed by atoms with E-state index in [1.165, 1.54) is 0 Å². The molecule has 40 heavy (non-hydrogen) atoms. The Hall–Kier alpha value is -4.32. The van der Waals surface area contributed by atoms with E-state index in [1.54, 1.807) is 0 Å². The topological polar surface area (TPSA) is 73.9 Å². The molecule has 0 unspecified atom stereocenters. The quantitative estimate of drug-likeness (QED) is 0.248. The van der Waals surface area contributed by atoms with Crippen molar-refractivity contribution in [3.63, 3.8) is 0 Å². The summed E-state index contributed by atoms with van der Waals surface area (Å²) in [7, 11) is 0. The lowest BCUT2D eigenvalue weighted by atomic mass is 9.68. The number of nitrogens with one attached hydrogen (secondary N) is 1. The number of esters is 1. The molecule has 1 heterocycles. The number of carbonyl (C=O) groups is 2. The van der Waals surface area contributed by atoms with Crippen molar-refractivity contribution in [2.75, 3.05) is 13.2 Å². The molecule has 0 aromatic heterocycles. The van der Waals surface area contributed by atoms with Gasteiger partial charge in [-0.05, 0) is 42.5 Å². The lowest BCUT2D eigenvalue weighted by Crippen LogP contribution is -2.39. The number of Topliss-reactive ketones (excluding diaryl/α,β-unsaturated/α-hetero) is 1. The Morgan fingerprint density at radius 1 is 0.875 bits per heavy atom. The highest BCUT2D eigenvalue weighted by Crippen LogP contribution is 2.48. The van der Waals surface area contributed by atoms with Crippen LogP contribution < -0.4 is 14.8 Å². The maximum Gasteiger partial charge on any atom is 0.336 e. The molecule has 5 rings (SSSR count). The average Bonchev–Trinajstić information content (AvgIpc) is 2.94. The molecular weight excluding hydrogens is 502 g/mol. The van der Waals surface area contributed by atoms with Crippen LogP contribution in [-0.2, 0) is 20.9 Å². The molecule has 0 spiro atoms. The SMILES string of the molecule is CC1=C(C(=O)OCCOc2ccccc2)[C@H](c2ccccc2OCc2ccccc2)C2=C(CC(C)(C)CC2=O)N1. The minimum Gasteiger partial charge on any atom is -0.490 e. The van der Waals surface area contributed by atoms with Crippen LogP contribution in [0.25, 0.3) is 0 Å². The summed E-state index contributed by atoms with van der Waals surface area (Å²) in [5, 5.41) is 3.39. The number of hydrogen-bond acceptors (Lipinski definition) is 6. The van der Waals surface area contributed by atoms with Gasteiger partial charge in [0.05, 0.1) is 11.5 Å². The highest BCUT2D eigenvalue weighted by Gasteiger charge is 2.44. The molecule has 1 atom stereocenters. The number of para-hydroxylation sites is 2. The number of benzene rings is 3. The van der Waals surface area contributed by atoms with E-state index in [4.69, 9.17) is 14.2 Å². The highest BCUT2D eigenvalue weighted by atomic mass is 16.6. The number of ether oxygens (including phenoxy) is 3. The van der Waals surface area contributed by atoms with Crippen molar-refractivity contribution in [3.05, 3.63) is 119 Å². The summed E-state index contributed by atoms with van der Waals surface area (Å²) >= 11 is 0. The summed E-state index contributed by atoms with van der Waals surface area (Å²) in [6.07, 6.45) is 1.12. The van der Waals surface area contributed by atoms with Crippen molar-refractivity contribution in [3.8, 4) is 11.5 Å². The van der Waals surface area contributed by atoms with Gasteiger partial charge < -0.3 is 19.5 Å². The lowest BCUT2D eigenvalue weighted by molar-refractivity contribution is -0.140. The van der Waals surface area contributed by atoms with Crippen molar-refractivity contribution in [1.29, 1.82) is 0 Å². The van der Waals surface area contributed by atoms with E-state index < -0.39 is 11.9 Å². The predicted octanol–water partition coefficient (Wildman–Crippen LogP) is 6.49. The first-order valence-corrected chi connectivity index (χ1v) is 13.7. The number of ketones is 1. The van der Waals surface area contributed by atoms with Crippen molar-refractivity contribution in [2.45, 2.75) is 46.1 Å². The summed E-state index contributed by atoms with van der Waals surface area (Å²) < 4.78 is 17.7. The van der Waals surface area contributed by atoms with E-state index in [9.17, 15) is 9.59 Å². The van der Waals surface area contributed by atoms with Gasteiger partial charge in [-0.1, -0.05) is 80.6 Å². The summed E-state index contributed by atoms with van der Waals surface area (Å²) in [6.45, 7) is 6.73. The van der Waals surface area contributed by atoms with Gasteiger partial charge >= 0.3 is 5.97 Å². The largest absolute Gasteiger partial charge is 0.490 e. The molecule has 6 heteroatoms. The van der Waals surface area contributed by atoms with Gasteiger partial charge in [-0.3, -0.25) is 4.79 Å². The number of allylic oxidation sites excluding steroid dienone is 3. The third kappa shape index (κ3) is 6.12. The Labute approximate surface area is 235 Å². The molecule has 0 saturated heterocycles. The van der Waals surface area contributed by atoms with Gasteiger partial charge in [-0.25, -0.2) is 4.79 Å². The van der Waals surface area contributed by atoms with Crippen molar-refractivity contribution in [2.24, 2.45) is 5.41 Å². The van der Waals surface area contributed by atoms with E-state index in [1.807, 2.05) is 91.9 Å². The van der Waals surface area contributed by atoms with Crippen LogP contribution >= 0.6 is 0 Å². The fourth-order valence-electron chi connectivity index (χ4n) is 5.49. The van der Waals surface area contributed by atoms with Crippen LogP contribution in [0.4, 0.5) is 0 Å². The van der Waals surface area contributed by atoms with E-state index >= 15 is 0 Å². The Balaban J connectivity index is 1.45. The molecule has 2 aliphatic rings. The molecule has 3 aromatic rings. The lowest BCUT2D eigenvalue weighted by Gasteiger charge is -2.39. The van der Waals surface area contributed by atoms with Crippen LogP contribution in [0.15, 0.2) is 107 Å². The number of hydrogen-bond donors (Lipinski definition) is 1. The van der Waals surface area contributed by atoms with Gasteiger partial charge in [0.1, 0.15) is 31.3 Å². The molecule has 0 amide bonds. The Morgan fingerprint density at radius 2 is 1.55 bits per heavy atom. The van der Waals surface area contributed by atoms with Gasteiger partial charge in [-0.2, -0.15) is 0 Å². The predicted molar refractivity (Wildman–Crippen MR) is 154 cm³/mol. The molecule has 1 N–H and O–H groups in total. The first-order valence-electron chi connectivity index (χ1n) is 13.7. The van der Waals surface area contributed by atoms with Gasteiger partial charge in [0.15, 0.2) is 5.78 Å². The van der Waals surface area contributed by atoms with E-state index in [0.717, 1.165) is 16.8 Å². The van der Waals surface area contributed by atoms with Crippen LogP contribution in [0.1, 0.15) is 50.7 Å². The van der Waals surface area contributed by atoms with E-state index in [-0.39, 0.29) is 24.4 Å². The Kier molecular flexibility index (Phi) is 8.06. The first-order chi connectivity index (χ1) is 19.3. The molecule has 1 aliphatic carbocycles. The molecule has 206 valence electrons. The maximum atomic E-state index is 13.7. The van der Waals surface area contributed by atoms with E-state index in [2.05, 4.69) is 19.2 Å². The van der Waals surface area contributed by atoms with Gasteiger partial charge in [0.25, 0.3) is 0 Å². The van der Waals surface area contributed by atoms with Crippen LogP contribution in [0.5, 0.6) is 11.5 Å². The molecule has 0 fully saturated rings. The summed E-state index contributed by atoms with van der Waals surface area (Å²) in [6, 6.07) is 27.0. The third-order valence-electron chi connectivity index (χ3n) is 7.26. The Bertz CT molecular complexity index is 1440. The number of carbonyl (C=O) groups excluding carboxylic acids is 2. The second-order valence-corrected chi connectivity index (χ2v) is 11.0. The molecule has 1 aliphatic heterocycles. The standard InChI is InChI=1S/C34H35NO5/c1-23-30(33(37)39-19-18-38-25-14-8-5-9-15-25)31(32-27(35-23)20-34(2,3)21-28(32)36)26-16-10-11-17-29(26)40-22-24-12-6-4-7-13-24/h4-17,31,35H,18-22H2,1-3H3/t31-/m0/s1. The van der Waals surface area contributed by atoms with Crippen molar-refractivity contribution in [1.82, 2.24) is 5.32 Å². The molecule has 6 nitrogen and oxygen atoms in total. The molecule has 0 saturated carbocycles. The van der Waals surface area contributed by atoms with Gasteiger partial charge in [0, 0.05) is 29.0 Å². The van der Waals surface area contributed by atoms with E-state index in [0.29, 0.717) is 47.8 Å². The number of rotatable bonds is 9. The zero-order chi connectivity index (χ0) is 28.1. The molecule has 0 radical (unpaired) electrons. The molecule has 0 bridgehead atoms. The minimum atomic E-state index is -0.602. The zero-order valence-electron chi connectivity index (χ0n) is 23.2. The first kappa shape index (κ1) is 27.3. The molecular formula is C34H35NO5. The minimum absolute atomic E-state index is 0.0341. The second-order valence-electron chi connectivity index (χ2n) is 11.0. The smallest absolute Gasteiger partial charge is 0.336 e. The summed E-state index contributed by atoms with van der Waals surface area (Å²) in [5.41, 5.74) is 4.21. The summed E-state index contributed by atoms with van der Waals surface area (Å²) in [5.74, 6) is 0.295. The van der Waals surface area contributed by atoms with Crippen molar-refractivity contribution < 1.29 is 23.8 Å². The van der Waals surface area contributed by atoms with Gasteiger partial charge in [0.2, 0.25) is 0 Å². The summed E-state index contributed by atoms with van der Waals surface area (Å²) in [4.78, 5) is 27.3. The van der Waals surface area contributed by atoms with Crippen LogP contribution in [0, 0.1) is 5.41 Å². The monoisotopic (exact) mass is 537 g/mol. The normalized spacial score (nSPS) is 18.1. The fraction of sp³-hybridized carbons (Fsp3) is 0.294. The fourth-order valence-corrected chi connectivity index (χ4v) is 5.49.